The maximum absolute atomic E-state index is 12.7. The minimum Gasteiger partial charge on any atom is -0.497 e. The molecule has 0 spiro atoms. The van der Waals surface area contributed by atoms with E-state index in [0.29, 0.717) is 19.5 Å². The van der Waals surface area contributed by atoms with Crippen molar-refractivity contribution in [3.63, 3.8) is 0 Å². The number of hydrogen-bond donors (Lipinski definition) is 0. The molecule has 132 valence electrons. The van der Waals surface area contributed by atoms with Gasteiger partial charge in [-0.1, -0.05) is 12.1 Å². The number of amides is 2. The topological polar surface area (TPSA) is 49.9 Å². The molecule has 0 saturated carbocycles. The smallest absolute Gasteiger partial charge is 0.247 e. The van der Waals surface area contributed by atoms with Gasteiger partial charge in [-0.05, 0) is 53.6 Å². The second-order valence-electron chi connectivity index (χ2n) is 6.25. The van der Waals surface area contributed by atoms with Crippen LogP contribution in [0.3, 0.4) is 0 Å². The van der Waals surface area contributed by atoms with Gasteiger partial charge in [-0.15, -0.1) is 0 Å². The van der Waals surface area contributed by atoms with Crippen LogP contribution < -0.4 is 4.74 Å². The molecule has 1 aromatic carbocycles. The number of benzene rings is 1. The number of ether oxygens (including phenoxy) is 1. The second-order valence-corrected chi connectivity index (χ2v) is 7.03. The number of likely N-dealkylation sites (N-methyl/N-ethyl adjacent to an activating group) is 1. The molecule has 0 radical (unpaired) electrons. The fraction of sp³-hybridized carbons (Fsp3) is 0.368. The van der Waals surface area contributed by atoms with Gasteiger partial charge in [0.05, 0.1) is 19.6 Å². The normalized spacial score (nSPS) is 17.6. The van der Waals surface area contributed by atoms with E-state index in [-0.39, 0.29) is 24.3 Å². The van der Waals surface area contributed by atoms with Gasteiger partial charge in [-0.3, -0.25) is 19.4 Å². The molecular weight excluding hydrogens is 336 g/mol. The van der Waals surface area contributed by atoms with Crippen LogP contribution in [0.1, 0.15) is 17.5 Å². The van der Waals surface area contributed by atoms with Gasteiger partial charge in [-0.25, -0.2) is 0 Å². The largest absolute Gasteiger partial charge is 0.497 e. The van der Waals surface area contributed by atoms with E-state index in [4.69, 9.17) is 4.74 Å². The molecule has 1 fully saturated rings. The lowest BCUT2D eigenvalue weighted by atomic mass is 10.1. The van der Waals surface area contributed by atoms with E-state index in [1.807, 2.05) is 47.7 Å². The average Bonchev–Trinajstić information content (AvgIpc) is 3.22. The monoisotopic (exact) mass is 358 g/mol. The summed E-state index contributed by atoms with van der Waals surface area (Å²) in [5, 5.41) is 4.09. The molecule has 2 heterocycles. The fourth-order valence-electron chi connectivity index (χ4n) is 3.06. The first-order valence-electron chi connectivity index (χ1n) is 8.27. The number of imide groups is 1. The molecule has 2 aromatic rings. The van der Waals surface area contributed by atoms with Crippen LogP contribution in [0.2, 0.25) is 0 Å². The van der Waals surface area contributed by atoms with Gasteiger partial charge >= 0.3 is 0 Å². The lowest BCUT2D eigenvalue weighted by molar-refractivity contribution is -0.139. The van der Waals surface area contributed by atoms with E-state index in [1.165, 1.54) is 10.5 Å². The SMILES string of the molecule is COc1ccc(CCN2C(=O)C[C@@H](N(C)Cc3ccsc3)C2=O)cc1. The standard InChI is InChI=1S/C19H22N2O3S/c1-20(12-15-8-10-25-13-15)17-11-18(22)21(19(17)23)9-7-14-3-5-16(24-2)6-4-14/h3-6,8,10,13,17H,7,9,11-12H2,1-2H3/t17-/m1/s1. The molecule has 1 aliphatic rings. The minimum absolute atomic E-state index is 0.0827. The van der Waals surface area contributed by atoms with Crippen molar-refractivity contribution in [1.29, 1.82) is 0 Å². The van der Waals surface area contributed by atoms with Gasteiger partial charge in [0, 0.05) is 13.1 Å². The van der Waals surface area contributed by atoms with Crippen molar-refractivity contribution in [1.82, 2.24) is 9.80 Å². The summed E-state index contributed by atoms with van der Waals surface area (Å²) in [7, 11) is 3.53. The predicted molar refractivity (Wildman–Crippen MR) is 97.6 cm³/mol. The van der Waals surface area contributed by atoms with Crippen LogP contribution in [-0.4, -0.2) is 48.4 Å². The lowest BCUT2D eigenvalue weighted by Gasteiger charge is -2.22. The first kappa shape index (κ1) is 17.6. The van der Waals surface area contributed by atoms with Crippen LogP contribution in [-0.2, 0) is 22.6 Å². The number of hydrogen-bond acceptors (Lipinski definition) is 5. The van der Waals surface area contributed by atoms with E-state index >= 15 is 0 Å². The summed E-state index contributed by atoms with van der Waals surface area (Å²) in [6.07, 6.45) is 0.921. The van der Waals surface area contributed by atoms with Crippen LogP contribution in [0, 0.1) is 0 Å². The molecule has 2 amide bonds. The zero-order chi connectivity index (χ0) is 17.8. The molecule has 0 N–H and O–H groups in total. The Balaban J connectivity index is 1.58. The van der Waals surface area contributed by atoms with Crippen molar-refractivity contribution in [2.75, 3.05) is 20.7 Å². The Labute approximate surface area is 151 Å². The maximum Gasteiger partial charge on any atom is 0.247 e. The van der Waals surface area contributed by atoms with Gasteiger partial charge in [0.1, 0.15) is 5.75 Å². The summed E-state index contributed by atoms with van der Waals surface area (Å²) in [6.45, 7) is 1.10. The third-order valence-corrected chi connectivity index (χ3v) is 5.28. The second kappa shape index (κ2) is 7.80. The number of likely N-dealkylation sites (tertiary alicyclic amines) is 1. The molecule has 6 heteroatoms. The van der Waals surface area contributed by atoms with Gasteiger partial charge in [0.25, 0.3) is 0 Å². The zero-order valence-corrected chi connectivity index (χ0v) is 15.3. The van der Waals surface area contributed by atoms with Crippen molar-refractivity contribution < 1.29 is 14.3 Å². The molecule has 3 rings (SSSR count). The zero-order valence-electron chi connectivity index (χ0n) is 14.5. The number of nitrogens with zero attached hydrogens (tertiary/aromatic N) is 2. The van der Waals surface area contributed by atoms with Crippen molar-refractivity contribution in [3.8, 4) is 5.75 Å². The Kier molecular flexibility index (Phi) is 5.50. The van der Waals surface area contributed by atoms with Crippen LogP contribution in [0.4, 0.5) is 0 Å². The van der Waals surface area contributed by atoms with Crippen molar-refractivity contribution in [2.45, 2.75) is 25.4 Å². The molecule has 5 nitrogen and oxygen atoms in total. The lowest BCUT2D eigenvalue weighted by Crippen LogP contribution is -2.40. The molecule has 0 bridgehead atoms. The van der Waals surface area contributed by atoms with E-state index in [1.54, 1.807) is 18.4 Å². The maximum atomic E-state index is 12.7. The Morgan fingerprint density at radius 2 is 1.96 bits per heavy atom. The van der Waals surface area contributed by atoms with Crippen LogP contribution in [0.5, 0.6) is 5.75 Å². The molecule has 25 heavy (non-hydrogen) atoms. The molecule has 0 aliphatic carbocycles. The van der Waals surface area contributed by atoms with Gasteiger partial charge < -0.3 is 4.74 Å². The molecular formula is C19H22N2O3S. The summed E-state index contributed by atoms with van der Waals surface area (Å²) in [6, 6.07) is 9.39. The van der Waals surface area contributed by atoms with E-state index in [2.05, 4.69) is 5.38 Å². The summed E-state index contributed by atoms with van der Waals surface area (Å²) in [5.41, 5.74) is 2.25. The fourth-order valence-corrected chi connectivity index (χ4v) is 3.72. The highest BCUT2D eigenvalue weighted by Crippen LogP contribution is 2.21. The van der Waals surface area contributed by atoms with E-state index in [0.717, 1.165) is 11.3 Å². The van der Waals surface area contributed by atoms with Gasteiger partial charge in [-0.2, -0.15) is 11.3 Å². The quantitative estimate of drug-likeness (QED) is 0.714. The molecule has 1 aliphatic heterocycles. The van der Waals surface area contributed by atoms with Crippen molar-refractivity contribution in [3.05, 3.63) is 52.2 Å². The molecule has 1 aromatic heterocycles. The highest BCUT2D eigenvalue weighted by molar-refractivity contribution is 7.07. The molecule has 1 atom stereocenters. The Morgan fingerprint density at radius 3 is 2.60 bits per heavy atom. The molecule has 0 unspecified atom stereocenters. The number of carbonyl (C=O) groups is 2. The average molecular weight is 358 g/mol. The minimum atomic E-state index is -0.358. The van der Waals surface area contributed by atoms with Crippen molar-refractivity contribution >= 4 is 23.2 Å². The first-order valence-corrected chi connectivity index (χ1v) is 9.21. The highest BCUT2D eigenvalue weighted by Gasteiger charge is 2.40. The van der Waals surface area contributed by atoms with E-state index in [9.17, 15) is 9.59 Å². The summed E-state index contributed by atoms with van der Waals surface area (Å²) >= 11 is 1.64. The van der Waals surface area contributed by atoms with Gasteiger partial charge in [0.15, 0.2) is 0 Å². The third-order valence-electron chi connectivity index (χ3n) is 4.55. The Morgan fingerprint density at radius 1 is 1.20 bits per heavy atom. The Hall–Kier alpha value is -2.18. The third kappa shape index (κ3) is 4.08. The summed E-state index contributed by atoms with van der Waals surface area (Å²) in [5.74, 6) is 0.629. The Bertz CT molecular complexity index is 728. The summed E-state index contributed by atoms with van der Waals surface area (Å²) < 4.78 is 5.14. The van der Waals surface area contributed by atoms with Crippen LogP contribution in [0.15, 0.2) is 41.1 Å². The van der Waals surface area contributed by atoms with E-state index < -0.39 is 0 Å². The predicted octanol–water partition coefficient (Wildman–Crippen LogP) is 2.56. The van der Waals surface area contributed by atoms with Crippen LogP contribution >= 0.6 is 11.3 Å². The number of thiophene rings is 1. The molecule has 1 saturated heterocycles. The first-order chi connectivity index (χ1) is 12.1. The highest BCUT2D eigenvalue weighted by atomic mass is 32.1. The van der Waals surface area contributed by atoms with Crippen LogP contribution in [0.25, 0.3) is 0 Å². The summed E-state index contributed by atoms with van der Waals surface area (Å²) in [4.78, 5) is 28.3. The van der Waals surface area contributed by atoms with Crippen molar-refractivity contribution in [2.24, 2.45) is 0 Å². The number of methoxy groups -OCH3 is 1. The number of carbonyl (C=O) groups excluding carboxylic acids is 2. The van der Waals surface area contributed by atoms with Gasteiger partial charge in [0.2, 0.25) is 11.8 Å². The number of rotatable bonds is 7.